The van der Waals surface area contributed by atoms with E-state index >= 15 is 0 Å². The van der Waals surface area contributed by atoms with Gasteiger partial charge < -0.3 is 9.73 Å². The molecule has 1 aromatic carbocycles. The van der Waals surface area contributed by atoms with Crippen molar-refractivity contribution in [1.29, 1.82) is 0 Å². The molecule has 0 aliphatic carbocycles. The zero-order chi connectivity index (χ0) is 17.8. The van der Waals surface area contributed by atoms with Gasteiger partial charge in [-0.1, -0.05) is 29.8 Å². The Labute approximate surface area is 150 Å². The number of rotatable bonds is 6. The normalized spacial score (nSPS) is 12.3. The van der Waals surface area contributed by atoms with E-state index < -0.39 is 0 Å². The largest absolute Gasteiger partial charge is 0.468 e. The van der Waals surface area contributed by atoms with Crippen LogP contribution in [0.15, 0.2) is 64.1 Å². The van der Waals surface area contributed by atoms with Gasteiger partial charge in [0.2, 0.25) is 0 Å². The van der Waals surface area contributed by atoms with Gasteiger partial charge in [0, 0.05) is 6.54 Å². The maximum atomic E-state index is 12.5. The van der Waals surface area contributed by atoms with Crippen molar-refractivity contribution < 1.29 is 4.42 Å². The standard InChI is InChI=1S/C18H19ClN4O2/c1-22(2)15(16-9-6-10-25-16)12-20-14-11-21-23(18(24)17(14)19)13-7-4-3-5-8-13/h3-11,15,20H,12H2,1-2H3. The lowest BCUT2D eigenvalue weighted by Crippen LogP contribution is -2.28. The van der Waals surface area contributed by atoms with Crippen LogP contribution in [0.2, 0.25) is 5.02 Å². The van der Waals surface area contributed by atoms with Crippen molar-refractivity contribution in [3.63, 3.8) is 0 Å². The summed E-state index contributed by atoms with van der Waals surface area (Å²) < 4.78 is 6.76. The summed E-state index contributed by atoms with van der Waals surface area (Å²) in [6.07, 6.45) is 3.20. The maximum Gasteiger partial charge on any atom is 0.292 e. The molecule has 1 atom stereocenters. The predicted molar refractivity (Wildman–Crippen MR) is 98.5 cm³/mol. The van der Waals surface area contributed by atoms with E-state index in [1.807, 2.05) is 49.3 Å². The van der Waals surface area contributed by atoms with Gasteiger partial charge in [-0.3, -0.25) is 9.69 Å². The summed E-state index contributed by atoms with van der Waals surface area (Å²) in [6.45, 7) is 0.525. The molecular weight excluding hydrogens is 340 g/mol. The van der Waals surface area contributed by atoms with Crippen LogP contribution >= 0.6 is 11.6 Å². The molecule has 2 aromatic heterocycles. The first-order chi connectivity index (χ1) is 12.1. The number of aromatic nitrogens is 2. The second-order valence-corrected chi connectivity index (χ2v) is 6.18. The van der Waals surface area contributed by atoms with Crippen LogP contribution in [-0.4, -0.2) is 35.3 Å². The van der Waals surface area contributed by atoms with Crippen molar-refractivity contribution in [2.75, 3.05) is 26.0 Å². The highest BCUT2D eigenvalue weighted by Gasteiger charge is 2.18. The van der Waals surface area contributed by atoms with E-state index in [1.165, 1.54) is 4.68 Å². The molecule has 0 spiro atoms. The first kappa shape index (κ1) is 17.3. The van der Waals surface area contributed by atoms with Crippen LogP contribution in [0.25, 0.3) is 5.69 Å². The lowest BCUT2D eigenvalue weighted by molar-refractivity contribution is 0.269. The van der Waals surface area contributed by atoms with Gasteiger partial charge in [-0.05, 0) is 38.4 Å². The number of furan rings is 1. The quantitative estimate of drug-likeness (QED) is 0.733. The zero-order valence-corrected chi connectivity index (χ0v) is 14.8. The summed E-state index contributed by atoms with van der Waals surface area (Å²) in [5.74, 6) is 0.833. The lowest BCUT2D eigenvalue weighted by Gasteiger charge is -2.23. The summed E-state index contributed by atoms with van der Waals surface area (Å²) in [5.41, 5.74) is 0.803. The Balaban J connectivity index is 1.82. The van der Waals surface area contributed by atoms with Gasteiger partial charge in [-0.2, -0.15) is 9.78 Å². The van der Waals surface area contributed by atoms with E-state index in [4.69, 9.17) is 16.0 Å². The molecule has 0 radical (unpaired) electrons. The number of hydrogen-bond donors (Lipinski definition) is 1. The fourth-order valence-corrected chi connectivity index (χ4v) is 2.73. The number of benzene rings is 1. The van der Waals surface area contributed by atoms with Crippen molar-refractivity contribution in [2.45, 2.75) is 6.04 Å². The summed E-state index contributed by atoms with van der Waals surface area (Å²) in [6, 6.07) is 12.9. The molecule has 0 aliphatic heterocycles. The van der Waals surface area contributed by atoms with Crippen molar-refractivity contribution in [2.24, 2.45) is 0 Å². The summed E-state index contributed by atoms with van der Waals surface area (Å²) in [4.78, 5) is 14.5. The molecule has 1 N–H and O–H groups in total. The number of hydrogen-bond acceptors (Lipinski definition) is 5. The third-order valence-electron chi connectivity index (χ3n) is 3.90. The van der Waals surface area contributed by atoms with E-state index in [2.05, 4.69) is 10.4 Å². The maximum absolute atomic E-state index is 12.5. The van der Waals surface area contributed by atoms with Gasteiger partial charge >= 0.3 is 0 Å². The van der Waals surface area contributed by atoms with Crippen LogP contribution in [-0.2, 0) is 0 Å². The molecule has 2 heterocycles. The Kier molecular flexibility index (Phi) is 5.21. The molecule has 6 nitrogen and oxygen atoms in total. The molecule has 0 amide bonds. The van der Waals surface area contributed by atoms with E-state index in [9.17, 15) is 4.79 Å². The highest BCUT2D eigenvalue weighted by atomic mass is 35.5. The van der Waals surface area contributed by atoms with E-state index in [0.717, 1.165) is 5.76 Å². The summed E-state index contributed by atoms with van der Waals surface area (Å²) in [5, 5.41) is 7.51. The van der Waals surface area contributed by atoms with E-state index in [0.29, 0.717) is 17.9 Å². The molecule has 3 rings (SSSR count). The number of para-hydroxylation sites is 1. The van der Waals surface area contributed by atoms with Crippen LogP contribution in [0.3, 0.4) is 0 Å². The minimum atomic E-state index is -0.364. The molecule has 0 saturated heterocycles. The molecule has 0 fully saturated rings. The fraction of sp³-hybridized carbons (Fsp3) is 0.222. The second kappa shape index (κ2) is 7.55. The summed E-state index contributed by atoms with van der Waals surface area (Å²) >= 11 is 6.26. The number of anilines is 1. The molecule has 25 heavy (non-hydrogen) atoms. The van der Waals surface area contributed by atoms with Crippen LogP contribution in [0, 0.1) is 0 Å². The molecule has 1 unspecified atom stereocenters. The molecule has 3 aromatic rings. The molecule has 7 heteroatoms. The van der Waals surface area contributed by atoms with E-state index in [1.54, 1.807) is 24.6 Å². The number of nitrogens with one attached hydrogen (secondary N) is 1. The average molecular weight is 359 g/mol. The molecule has 0 aliphatic rings. The van der Waals surface area contributed by atoms with Gasteiger partial charge in [-0.25, -0.2) is 0 Å². The highest BCUT2D eigenvalue weighted by Crippen LogP contribution is 2.22. The third-order valence-corrected chi connectivity index (χ3v) is 4.27. The minimum absolute atomic E-state index is 0.00243. The lowest BCUT2D eigenvalue weighted by atomic mass is 10.2. The smallest absolute Gasteiger partial charge is 0.292 e. The highest BCUT2D eigenvalue weighted by molar-refractivity contribution is 6.32. The number of halogens is 1. The van der Waals surface area contributed by atoms with Crippen LogP contribution in [0.4, 0.5) is 5.69 Å². The monoisotopic (exact) mass is 358 g/mol. The SMILES string of the molecule is CN(C)C(CNc1cnn(-c2ccccc2)c(=O)c1Cl)c1ccco1. The van der Waals surface area contributed by atoms with Crippen LogP contribution in [0.5, 0.6) is 0 Å². The Hall–Kier alpha value is -2.57. The fourth-order valence-electron chi connectivity index (χ4n) is 2.53. The van der Waals surface area contributed by atoms with Gasteiger partial charge in [0.05, 0.1) is 29.9 Å². The topological polar surface area (TPSA) is 63.3 Å². The predicted octanol–water partition coefficient (Wildman–Crippen LogP) is 3.19. The Morgan fingerprint density at radius 3 is 2.64 bits per heavy atom. The van der Waals surface area contributed by atoms with Crippen LogP contribution in [0.1, 0.15) is 11.8 Å². The molecule has 0 bridgehead atoms. The number of likely N-dealkylation sites (N-methyl/N-ethyl adjacent to an activating group) is 1. The Morgan fingerprint density at radius 2 is 2.00 bits per heavy atom. The molecular formula is C18H19ClN4O2. The zero-order valence-electron chi connectivity index (χ0n) is 14.0. The van der Waals surface area contributed by atoms with Crippen molar-refractivity contribution in [3.8, 4) is 5.69 Å². The third kappa shape index (κ3) is 3.75. The van der Waals surface area contributed by atoms with Gasteiger partial charge in [0.1, 0.15) is 10.8 Å². The Bertz CT molecular complexity index is 876. The van der Waals surface area contributed by atoms with Gasteiger partial charge in [-0.15, -0.1) is 0 Å². The first-order valence-corrected chi connectivity index (χ1v) is 8.22. The number of nitrogens with zero attached hydrogens (tertiary/aromatic N) is 3. The van der Waals surface area contributed by atoms with E-state index in [-0.39, 0.29) is 16.6 Å². The first-order valence-electron chi connectivity index (χ1n) is 7.85. The average Bonchev–Trinajstić information content (AvgIpc) is 3.13. The molecule has 0 saturated carbocycles. The van der Waals surface area contributed by atoms with Crippen molar-refractivity contribution in [1.82, 2.24) is 14.7 Å². The minimum Gasteiger partial charge on any atom is -0.468 e. The van der Waals surface area contributed by atoms with Crippen molar-refractivity contribution >= 4 is 17.3 Å². The van der Waals surface area contributed by atoms with Gasteiger partial charge in [0.15, 0.2) is 0 Å². The second-order valence-electron chi connectivity index (χ2n) is 5.80. The Morgan fingerprint density at radius 1 is 1.24 bits per heavy atom. The molecule has 130 valence electrons. The summed E-state index contributed by atoms with van der Waals surface area (Å²) in [7, 11) is 3.92. The van der Waals surface area contributed by atoms with Crippen molar-refractivity contribution in [3.05, 3.63) is 76.1 Å². The van der Waals surface area contributed by atoms with Gasteiger partial charge in [0.25, 0.3) is 5.56 Å². The van der Waals surface area contributed by atoms with Crippen LogP contribution < -0.4 is 10.9 Å².